The lowest BCUT2D eigenvalue weighted by molar-refractivity contribution is -0.117. The largest absolute Gasteiger partial charge is 0.491 e. The lowest BCUT2D eigenvalue weighted by atomic mass is 10.2. The first-order valence-corrected chi connectivity index (χ1v) is 5.60. The average Bonchev–Trinajstić information content (AvgIpc) is 2.61. The molecule has 0 saturated carbocycles. The second-order valence-electron chi connectivity index (χ2n) is 4.02. The van der Waals surface area contributed by atoms with Crippen LogP contribution in [-0.2, 0) is 4.79 Å². The Labute approximate surface area is 99.2 Å². The third kappa shape index (κ3) is 2.39. The number of hydrogen-bond acceptors (Lipinski definition) is 3. The van der Waals surface area contributed by atoms with Crippen LogP contribution in [0.25, 0.3) is 0 Å². The van der Waals surface area contributed by atoms with Crippen LogP contribution in [0.3, 0.4) is 0 Å². The normalized spacial score (nSPS) is 19.8. The number of carbonyl (C=O) groups excluding carboxylic acids is 1. The second-order valence-corrected chi connectivity index (χ2v) is 4.02. The van der Waals surface area contributed by atoms with Crippen LogP contribution >= 0.6 is 0 Å². The molecule has 0 spiro atoms. The summed E-state index contributed by atoms with van der Waals surface area (Å²) in [7, 11) is 0. The molecule has 1 aliphatic heterocycles. The zero-order chi connectivity index (χ0) is 12.4. The van der Waals surface area contributed by atoms with Gasteiger partial charge in [0.05, 0.1) is 6.61 Å². The summed E-state index contributed by atoms with van der Waals surface area (Å²) >= 11 is 0. The zero-order valence-corrected chi connectivity index (χ0v) is 9.65. The molecule has 2 rings (SSSR count). The summed E-state index contributed by atoms with van der Waals surface area (Å²) in [5.41, 5.74) is 6.22. The Hall–Kier alpha value is -1.62. The van der Waals surface area contributed by atoms with Crippen LogP contribution in [-0.4, -0.2) is 25.1 Å². The number of benzene rings is 1. The molecule has 1 unspecified atom stereocenters. The molecule has 0 radical (unpaired) electrons. The highest BCUT2D eigenvalue weighted by Gasteiger charge is 2.28. The summed E-state index contributed by atoms with van der Waals surface area (Å²) in [5, 5.41) is 0. The number of rotatable bonds is 3. The maximum Gasteiger partial charge on any atom is 0.228 e. The Morgan fingerprint density at radius 2 is 2.35 bits per heavy atom. The minimum Gasteiger partial charge on any atom is -0.491 e. The highest BCUT2D eigenvalue weighted by Crippen LogP contribution is 2.26. The standard InChI is InChI=1S/C12H15FN2O2/c1-2-17-11-4-3-9(6-10(11)13)15-7-8(14)5-12(15)16/h3-4,6,8H,2,5,7,14H2,1H3. The minimum absolute atomic E-state index is 0.0685. The molecule has 1 amide bonds. The molecule has 4 nitrogen and oxygen atoms in total. The summed E-state index contributed by atoms with van der Waals surface area (Å²) in [5.74, 6) is -0.328. The first-order valence-electron chi connectivity index (χ1n) is 5.60. The third-order valence-electron chi connectivity index (χ3n) is 2.68. The average molecular weight is 238 g/mol. The molecular formula is C12H15FN2O2. The van der Waals surface area contributed by atoms with E-state index in [9.17, 15) is 9.18 Å². The quantitative estimate of drug-likeness (QED) is 0.863. The molecule has 1 atom stereocenters. The molecule has 92 valence electrons. The van der Waals surface area contributed by atoms with Crippen molar-refractivity contribution in [2.75, 3.05) is 18.1 Å². The van der Waals surface area contributed by atoms with Crippen LogP contribution < -0.4 is 15.4 Å². The fourth-order valence-corrected chi connectivity index (χ4v) is 1.91. The van der Waals surface area contributed by atoms with Crippen molar-refractivity contribution in [1.29, 1.82) is 0 Å². The van der Waals surface area contributed by atoms with Crippen LogP contribution in [0.5, 0.6) is 5.75 Å². The first-order chi connectivity index (χ1) is 8.11. The van der Waals surface area contributed by atoms with E-state index in [1.54, 1.807) is 13.0 Å². The molecular weight excluding hydrogens is 223 g/mol. The molecule has 1 aliphatic rings. The van der Waals surface area contributed by atoms with Gasteiger partial charge in [-0.15, -0.1) is 0 Å². The Kier molecular flexibility index (Phi) is 3.28. The molecule has 1 saturated heterocycles. The van der Waals surface area contributed by atoms with Gasteiger partial charge < -0.3 is 15.4 Å². The molecule has 1 fully saturated rings. The van der Waals surface area contributed by atoms with E-state index in [0.717, 1.165) is 0 Å². The fraction of sp³-hybridized carbons (Fsp3) is 0.417. The maximum atomic E-state index is 13.6. The Morgan fingerprint density at radius 3 is 2.88 bits per heavy atom. The summed E-state index contributed by atoms with van der Waals surface area (Å²) in [6.45, 7) is 2.63. The number of hydrogen-bond donors (Lipinski definition) is 1. The van der Waals surface area contributed by atoms with Crippen LogP contribution in [0.2, 0.25) is 0 Å². The van der Waals surface area contributed by atoms with Gasteiger partial charge >= 0.3 is 0 Å². The van der Waals surface area contributed by atoms with Gasteiger partial charge in [-0.2, -0.15) is 0 Å². The number of anilines is 1. The van der Waals surface area contributed by atoms with Gasteiger partial charge in [0.25, 0.3) is 0 Å². The maximum absolute atomic E-state index is 13.6. The van der Waals surface area contributed by atoms with Gasteiger partial charge in [0, 0.05) is 30.8 Å². The highest BCUT2D eigenvalue weighted by atomic mass is 19.1. The van der Waals surface area contributed by atoms with Crippen molar-refractivity contribution in [3.63, 3.8) is 0 Å². The first kappa shape index (κ1) is 11.9. The van der Waals surface area contributed by atoms with E-state index in [0.29, 0.717) is 25.3 Å². The van der Waals surface area contributed by atoms with Crippen LogP contribution in [0.15, 0.2) is 18.2 Å². The number of nitrogens with two attached hydrogens (primary N) is 1. The predicted molar refractivity (Wildman–Crippen MR) is 62.5 cm³/mol. The van der Waals surface area contributed by atoms with Gasteiger partial charge in [-0.1, -0.05) is 0 Å². The molecule has 0 aromatic heterocycles. The predicted octanol–water partition coefficient (Wildman–Crippen LogP) is 1.29. The van der Waals surface area contributed by atoms with E-state index >= 15 is 0 Å². The summed E-state index contributed by atoms with van der Waals surface area (Å²) in [4.78, 5) is 13.1. The van der Waals surface area contributed by atoms with Crippen LogP contribution in [0.4, 0.5) is 10.1 Å². The number of halogens is 1. The minimum atomic E-state index is -0.461. The summed E-state index contributed by atoms with van der Waals surface area (Å²) < 4.78 is 18.7. The van der Waals surface area contributed by atoms with Crippen molar-refractivity contribution in [3.8, 4) is 5.75 Å². The van der Waals surface area contributed by atoms with Crippen molar-refractivity contribution in [1.82, 2.24) is 0 Å². The Morgan fingerprint density at radius 1 is 1.59 bits per heavy atom. The van der Waals surface area contributed by atoms with E-state index < -0.39 is 5.82 Å². The fourth-order valence-electron chi connectivity index (χ4n) is 1.91. The summed E-state index contributed by atoms with van der Waals surface area (Å²) in [6.07, 6.45) is 0.314. The van der Waals surface area contributed by atoms with Gasteiger partial charge in [-0.25, -0.2) is 4.39 Å². The number of amides is 1. The molecule has 5 heteroatoms. The Balaban J connectivity index is 2.23. The summed E-state index contributed by atoms with van der Waals surface area (Å²) in [6, 6.07) is 4.34. The SMILES string of the molecule is CCOc1ccc(N2CC(N)CC2=O)cc1F. The van der Waals surface area contributed by atoms with Crippen LogP contribution in [0.1, 0.15) is 13.3 Å². The number of carbonyl (C=O) groups is 1. The number of ether oxygens (including phenoxy) is 1. The van der Waals surface area contributed by atoms with Crippen molar-refractivity contribution >= 4 is 11.6 Å². The van der Waals surface area contributed by atoms with Crippen molar-refractivity contribution in [2.45, 2.75) is 19.4 Å². The number of nitrogens with zero attached hydrogens (tertiary/aromatic N) is 1. The van der Waals surface area contributed by atoms with Gasteiger partial charge in [-0.3, -0.25) is 4.79 Å². The molecule has 17 heavy (non-hydrogen) atoms. The molecule has 1 aromatic rings. The highest BCUT2D eigenvalue weighted by molar-refractivity contribution is 5.96. The van der Waals surface area contributed by atoms with Crippen LogP contribution in [0, 0.1) is 5.82 Å². The van der Waals surface area contributed by atoms with E-state index in [4.69, 9.17) is 10.5 Å². The lowest BCUT2D eigenvalue weighted by Gasteiger charge is -2.17. The molecule has 1 heterocycles. The molecule has 2 N–H and O–H groups in total. The second kappa shape index (κ2) is 4.71. The van der Waals surface area contributed by atoms with Crippen molar-refractivity contribution in [3.05, 3.63) is 24.0 Å². The lowest BCUT2D eigenvalue weighted by Crippen LogP contribution is -2.28. The van der Waals surface area contributed by atoms with E-state index in [-0.39, 0.29) is 17.7 Å². The van der Waals surface area contributed by atoms with Gasteiger partial charge in [0.1, 0.15) is 0 Å². The molecule has 0 aliphatic carbocycles. The topological polar surface area (TPSA) is 55.6 Å². The zero-order valence-electron chi connectivity index (χ0n) is 9.65. The van der Waals surface area contributed by atoms with E-state index in [2.05, 4.69) is 0 Å². The Bertz CT molecular complexity index is 437. The molecule has 1 aromatic carbocycles. The van der Waals surface area contributed by atoms with Gasteiger partial charge in [0.15, 0.2) is 11.6 Å². The van der Waals surface area contributed by atoms with Gasteiger partial charge in [0.2, 0.25) is 5.91 Å². The van der Waals surface area contributed by atoms with E-state index in [1.807, 2.05) is 0 Å². The molecule has 0 bridgehead atoms. The van der Waals surface area contributed by atoms with Gasteiger partial charge in [-0.05, 0) is 19.1 Å². The van der Waals surface area contributed by atoms with E-state index in [1.165, 1.54) is 17.0 Å². The van der Waals surface area contributed by atoms with Crippen molar-refractivity contribution in [2.24, 2.45) is 5.73 Å². The smallest absolute Gasteiger partial charge is 0.228 e. The monoisotopic (exact) mass is 238 g/mol. The van der Waals surface area contributed by atoms with Crippen molar-refractivity contribution < 1.29 is 13.9 Å². The third-order valence-corrected chi connectivity index (χ3v) is 2.68.